The van der Waals surface area contributed by atoms with E-state index < -0.39 is 15.8 Å². The Morgan fingerprint density at radius 1 is 1.15 bits per heavy atom. The molecule has 0 radical (unpaired) electrons. The van der Waals surface area contributed by atoms with E-state index in [9.17, 15) is 12.8 Å². The van der Waals surface area contributed by atoms with E-state index in [0.717, 1.165) is 12.1 Å². The van der Waals surface area contributed by atoms with Crippen LogP contribution in [0.5, 0.6) is 5.75 Å². The Morgan fingerprint density at radius 2 is 1.85 bits per heavy atom. The van der Waals surface area contributed by atoms with E-state index >= 15 is 0 Å². The highest BCUT2D eigenvalue weighted by Gasteiger charge is 2.17. The van der Waals surface area contributed by atoms with Gasteiger partial charge in [-0.15, -0.1) is 0 Å². The average Bonchev–Trinajstić information content (AvgIpc) is 2.62. The van der Waals surface area contributed by atoms with Crippen LogP contribution < -0.4 is 20.1 Å². The predicted octanol–water partition coefficient (Wildman–Crippen LogP) is 2.57. The van der Waals surface area contributed by atoms with Crippen LogP contribution in [-0.2, 0) is 14.8 Å². The number of anilines is 2. The lowest BCUT2D eigenvalue weighted by Crippen LogP contribution is -2.31. The summed E-state index contributed by atoms with van der Waals surface area (Å²) in [5.41, 5.74) is 0.772. The van der Waals surface area contributed by atoms with Crippen LogP contribution in [0.3, 0.4) is 0 Å². The molecule has 146 valence electrons. The Bertz CT molecular complexity index is 890. The molecular formula is C17H20FN3O4S2. The quantitative estimate of drug-likeness (QED) is 0.453. The molecule has 0 aliphatic rings. The summed E-state index contributed by atoms with van der Waals surface area (Å²) in [6, 6.07) is 9.36. The maximum Gasteiger partial charge on any atom is 0.262 e. The number of sulfonamides is 1. The molecule has 0 atom stereocenters. The highest BCUT2D eigenvalue weighted by atomic mass is 32.2. The molecule has 0 fully saturated rings. The third-order valence-corrected chi connectivity index (χ3v) is 5.05. The Labute approximate surface area is 162 Å². The molecule has 27 heavy (non-hydrogen) atoms. The molecule has 0 bridgehead atoms. The molecule has 0 spiro atoms. The lowest BCUT2D eigenvalue weighted by molar-refractivity contribution is 0.204. The van der Waals surface area contributed by atoms with E-state index in [1.54, 1.807) is 25.3 Å². The molecule has 10 heteroatoms. The normalized spacial score (nSPS) is 10.9. The smallest absolute Gasteiger partial charge is 0.262 e. The van der Waals surface area contributed by atoms with Gasteiger partial charge in [0.2, 0.25) is 0 Å². The Kier molecular flexibility index (Phi) is 7.34. The molecule has 2 aromatic rings. The number of methoxy groups -OCH3 is 2. The predicted molar refractivity (Wildman–Crippen MR) is 106 cm³/mol. The van der Waals surface area contributed by atoms with Gasteiger partial charge >= 0.3 is 0 Å². The topological polar surface area (TPSA) is 88.7 Å². The zero-order valence-electron chi connectivity index (χ0n) is 14.8. The summed E-state index contributed by atoms with van der Waals surface area (Å²) in [5, 5.41) is 6.27. The molecular weight excluding hydrogens is 393 g/mol. The highest BCUT2D eigenvalue weighted by Crippen LogP contribution is 2.30. The van der Waals surface area contributed by atoms with Gasteiger partial charge in [-0.2, -0.15) is 0 Å². The second kappa shape index (κ2) is 9.49. The molecule has 0 aromatic heterocycles. The summed E-state index contributed by atoms with van der Waals surface area (Å²) in [5.74, 6) is -0.197. The molecule has 0 aliphatic carbocycles. The average molecular weight is 413 g/mol. The highest BCUT2D eigenvalue weighted by molar-refractivity contribution is 7.92. The maximum absolute atomic E-state index is 13.0. The first-order valence-electron chi connectivity index (χ1n) is 7.86. The number of nitrogens with one attached hydrogen (secondary N) is 3. The van der Waals surface area contributed by atoms with Crippen LogP contribution in [0.4, 0.5) is 15.8 Å². The fraction of sp³-hybridized carbons (Fsp3) is 0.235. The van der Waals surface area contributed by atoms with Gasteiger partial charge in [0.05, 0.1) is 24.3 Å². The lowest BCUT2D eigenvalue weighted by Gasteiger charge is -2.15. The van der Waals surface area contributed by atoms with Gasteiger partial charge in [-0.05, 0) is 54.7 Å². The standard InChI is InChI=1S/C17H20FN3O4S2/c1-24-10-9-19-17(26)20-13-5-8-16(25-2)15(11-13)21-27(22,23)14-6-3-12(18)4-7-14/h3-8,11,21H,9-10H2,1-2H3,(H2,19,20,26). The van der Waals surface area contributed by atoms with Gasteiger partial charge in [0.25, 0.3) is 10.0 Å². The third kappa shape index (κ3) is 6.05. The summed E-state index contributed by atoms with van der Waals surface area (Å²) >= 11 is 5.17. The van der Waals surface area contributed by atoms with Crippen LogP contribution in [0.1, 0.15) is 0 Å². The fourth-order valence-corrected chi connectivity index (χ4v) is 3.41. The number of hydrogen-bond acceptors (Lipinski definition) is 5. The molecule has 3 N–H and O–H groups in total. The van der Waals surface area contributed by atoms with Crippen LogP contribution in [0.2, 0.25) is 0 Å². The van der Waals surface area contributed by atoms with E-state index in [-0.39, 0.29) is 10.6 Å². The Hall–Kier alpha value is -2.43. The van der Waals surface area contributed by atoms with Gasteiger partial charge < -0.3 is 20.1 Å². The number of thiocarbonyl (C=S) groups is 1. The van der Waals surface area contributed by atoms with Crippen LogP contribution in [0.25, 0.3) is 0 Å². The van der Waals surface area contributed by atoms with Crippen molar-refractivity contribution < 1.29 is 22.3 Å². The maximum atomic E-state index is 13.0. The van der Waals surface area contributed by atoms with Gasteiger partial charge in [0.15, 0.2) is 5.11 Å². The van der Waals surface area contributed by atoms with Crippen molar-refractivity contribution in [2.45, 2.75) is 4.90 Å². The summed E-state index contributed by atoms with van der Waals surface area (Å²) in [6.07, 6.45) is 0. The monoisotopic (exact) mass is 413 g/mol. The minimum Gasteiger partial charge on any atom is -0.495 e. The molecule has 7 nitrogen and oxygen atoms in total. The first-order valence-corrected chi connectivity index (χ1v) is 9.75. The summed E-state index contributed by atoms with van der Waals surface area (Å²) in [7, 11) is -0.905. The van der Waals surface area contributed by atoms with Crippen molar-refractivity contribution in [2.75, 3.05) is 37.4 Å². The van der Waals surface area contributed by atoms with E-state index in [4.69, 9.17) is 21.7 Å². The van der Waals surface area contributed by atoms with Gasteiger partial charge in [0.1, 0.15) is 11.6 Å². The van der Waals surface area contributed by atoms with Crippen LogP contribution >= 0.6 is 12.2 Å². The summed E-state index contributed by atoms with van der Waals surface area (Å²) < 4.78 is 50.7. The number of hydrogen-bond donors (Lipinski definition) is 3. The molecule has 0 amide bonds. The van der Waals surface area contributed by atoms with Crippen molar-refractivity contribution >= 4 is 38.7 Å². The van der Waals surface area contributed by atoms with Crippen molar-refractivity contribution in [3.8, 4) is 5.75 Å². The van der Waals surface area contributed by atoms with E-state index in [1.807, 2.05) is 0 Å². The molecule has 0 unspecified atom stereocenters. The molecule has 0 saturated carbocycles. The van der Waals surface area contributed by atoms with Gasteiger partial charge in [0, 0.05) is 19.3 Å². The Balaban J connectivity index is 2.19. The minimum absolute atomic E-state index is 0.0685. The molecule has 0 heterocycles. The molecule has 0 saturated heterocycles. The second-order valence-electron chi connectivity index (χ2n) is 5.35. The number of benzene rings is 2. The molecule has 2 rings (SSSR count). The minimum atomic E-state index is -3.91. The largest absolute Gasteiger partial charge is 0.495 e. The van der Waals surface area contributed by atoms with Gasteiger partial charge in [-0.25, -0.2) is 12.8 Å². The van der Waals surface area contributed by atoms with Crippen LogP contribution in [0, 0.1) is 5.82 Å². The number of rotatable bonds is 8. The zero-order chi connectivity index (χ0) is 19.9. The van der Waals surface area contributed by atoms with E-state index in [0.29, 0.717) is 29.7 Å². The zero-order valence-corrected chi connectivity index (χ0v) is 16.4. The molecule has 0 aliphatic heterocycles. The first kappa shape index (κ1) is 20.9. The van der Waals surface area contributed by atoms with Crippen molar-refractivity contribution in [3.63, 3.8) is 0 Å². The lowest BCUT2D eigenvalue weighted by atomic mass is 10.2. The van der Waals surface area contributed by atoms with Gasteiger partial charge in [-0.1, -0.05) is 0 Å². The van der Waals surface area contributed by atoms with Crippen molar-refractivity contribution in [1.82, 2.24) is 5.32 Å². The second-order valence-corrected chi connectivity index (χ2v) is 7.44. The third-order valence-electron chi connectivity index (χ3n) is 3.42. The fourth-order valence-electron chi connectivity index (χ4n) is 2.12. The first-order chi connectivity index (χ1) is 12.9. The van der Waals surface area contributed by atoms with Crippen LogP contribution in [0.15, 0.2) is 47.4 Å². The number of ether oxygens (including phenoxy) is 2. The SMILES string of the molecule is COCCNC(=S)Nc1ccc(OC)c(NS(=O)(=O)c2ccc(F)cc2)c1. The van der Waals surface area contributed by atoms with Crippen molar-refractivity contribution in [2.24, 2.45) is 0 Å². The van der Waals surface area contributed by atoms with Crippen molar-refractivity contribution in [3.05, 3.63) is 48.3 Å². The van der Waals surface area contributed by atoms with E-state index in [1.165, 1.54) is 19.2 Å². The van der Waals surface area contributed by atoms with E-state index in [2.05, 4.69) is 15.4 Å². The number of halogens is 1. The van der Waals surface area contributed by atoms with Crippen molar-refractivity contribution in [1.29, 1.82) is 0 Å². The Morgan fingerprint density at radius 3 is 2.48 bits per heavy atom. The van der Waals surface area contributed by atoms with Crippen LogP contribution in [-0.4, -0.2) is 40.9 Å². The molecule has 2 aromatic carbocycles. The summed E-state index contributed by atoms with van der Waals surface area (Å²) in [6.45, 7) is 1.02. The summed E-state index contributed by atoms with van der Waals surface area (Å²) in [4.78, 5) is -0.0685. The van der Waals surface area contributed by atoms with Gasteiger partial charge in [-0.3, -0.25) is 4.72 Å².